The van der Waals surface area contributed by atoms with Crippen molar-refractivity contribution in [3.63, 3.8) is 0 Å². The number of aliphatic hydroxyl groups is 1. The normalized spacial score (nSPS) is 18.2. The van der Waals surface area contributed by atoms with Crippen LogP contribution in [0.2, 0.25) is 0 Å². The van der Waals surface area contributed by atoms with Crippen LogP contribution >= 0.6 is 0 Å². The van der Waals surface area contributed by atoms with Gasteiger partial charge in [-0.05, 0) is 49.5 Å². The molecule has 5 heteroatoms. The van der Waals surface area contributed by atoms with Gasteiger partial charge in [0.15, 0.2) is 11.5 Å². The highest BCUT2D eigenvalue weighted by Gasteiger charge is 2.16. The van der Waals surface area contributed by atoms with Gasteiger partial charge < -0.3 is 20.3 Å². The van der Waals surface area contributed by atoms with Gasteiger partial charge in [0.05, 0.1) is 19.8 Å². The lowest BCUT2D eigenvalue weighted by Crippen LogP contribution is -2.35. The lowest BCUT2D eigenvalue weighted by Gasteiger charge is -2.30. The number of nitrogens with zero attached hydrogens (tertiary/aromatic N) is 1. The van der Waals surface area contributed by atoms with E-state index in [0.29, 0.717) is 12.4 Å². The molecule has 1 aliphatic heterocycles. The maximum absolute atomic E-state index is 9.12. The number of ether oxygens (including phenoxy) is 2. The number of aliphatic hydroxyl groups excluding tert-OH is 1. The smallest absolute Gasteiger partial charge is 0.161 e. The molecule has 3 N–H and O–H groups in total. The van der Waals surface area contributed by atoms with E-state index in [4.69, 9.17) is 20.3 Å². The first-order chi connectivity index (χ1) is 10.6. The number of nitrogens with two attached hydrogens (primary N) is 1. The summed E-state index contributed by atoms with van der Waals surface area (Å²) in [6, 6.07) is 5.18. The Labute approximate surface area is 133 Å². The summed E-state index contributed by atoms with van der Waals surface area (Å²) in [4.78, 5) is 2.45. The van der Waals surface area contributed by atoms with Crippen molar-refractivity contribution in [2.75, 3.05) is 40.0 Å². The molecule has 0 unspecified atom stereocenters. The van der Waals surface area contributed by atoms with Crippen LogP contribution in [0.25, 0.3) is 0 Å². The van der Waals surface area contributed by atoms with Crippen molar-refractivity contribution >= 4 is 0 Å². The Balaban J connectivity index is 1.86. The third-order valence-corrected chi connectivity index (χ3v) is 4.35. The van der Waals surface area contributed by atoms with Crippen molar-refractivity contribution in [1.82, 2.24) is 4.90 Å². The standard InChI is InChI=1S/C17H28N2O3/c1-13-5-7-19(8-6-13)9-10-22-16-4-3-14(15(18)12-20)11-17(16)21-2/h3-4,11,13,15,20H,5-10,12,18H2,1-2H3/t15-/m0/s1. The second kappa shape index (κ2) is 8.36. The van der Waals surface area contributed by atoms with Gasteiger partial charge in [-0.1, -0.05) is 13.0 Å². The number of benzene rings is 1. The molecule has 0 aliphatic carbocycles. The lowest BCUT2D eigenvalue weighted by molar-refractivity contribution is 0.158. The molecular formula is C17H28N2O3. The van der Waals surface area contributed by atoms with E-state index in [1.54, 1.807) is 7.11 Å². The Morgan fingerprint density at radius 2 is 2.05 bits per heavy atom. The van der Waals surface area contributed by atoms with Gasteiger partial charge >= 0.3 is 0 Å². The monoisotopic (exact) mass is 308 g/mol. The molecule has 1 heterocycles. The number of methoxy groups -OCH3 is 1. The molecular weight excluding hydrogens is 280 g/mol. The van der Waals surface area contributed by atoms with Gasteiger partial charge in [0.25, 0.3) is 0 Å². The minimum Gasteiger partial charge on any atom is -0.493 e. The van der Waals surface area contributed by atoms with Crippen LogP contribution in [0, 0.1) is 5.92 Å². The third-order valence-electron chi connectivity index (χ3n) is 4.35. The number of piperidine rings is 1. The Bertz CT molecular complexity index is 459. The molecule has 0 radical (unpaired) electrons. The molecule has 22 heavy (non-hydrogen) atoms. The zero-order valence-electron chi connectivity index (χ0n) is 13.6. The first-order valence-electron chi connectivity index (χ1n) is 8.03. The summed E-state index contributed by atoms with van der Waals surface area (Å²) in [6.45, 7) is 6.13. The van der Waals surface area contributed by atoms with Crippen molar-refractivity contribution in [2.24, 2.45) is 11.7 Å². The minimum atomic E-state index is -0.390. The zero-order valence-corrected chi connectivity index (χ0v) is 13.6. The SMILES string of the molecule is COc1cc([C@@H](N)CO)ccc1OCCN1CCC(C)CC1. The Morgan fingerprint density at radius 1 is 1.32 bits per heavy atom. The summed E-state index contributed by atoms with van der Waals surface area (Å²) < 4.78 is 11.2. The molecule has 0 spiro atoms. The minimum absolute atomic E-state index is 0.0866. The summed E-state index contributed by atoms with van der Waals surface area (Å²) in [5.41, 5.74) is 6.67. The molecule has 124 valence electrons. The Kier molecular flexibility index (Phi) is 6.49. The largest absolute Gasteiger partial charge is 0.493 e. The van der Waals surface area contributed by atoms with Crippen molar-refractivity contribution in [3.8, 4) is 11.5 Å². The predicted molar refractivity (Wildman–Crippen MR) is 87.3 cm³/mol. The van der Waals surface area contributed by atoms with Crippen LogP contribution in [0.1, 0.15) is 31.4 Å². The maximum Gasteiger partial charge on any atom is 0.161 e. The number of hydrogen-bond donors (Lipinski definition) is 2. The third kappa shape index (κ3) is 4.60. The van der Waals surface area contributed by atoms with Crippen LogP contribution in [-0.2, 0) is 0 Å². The summed E-state index contributed by atoms with van der Waals surface area (Å²) in [6.07, 6.45) is 2.55. The van der Waals surface area contributed by atoms with Crippen LogP contribution in [0.3, 0.4) is 0 Å². The fraction of sp³-hybridized carbons (Fsp3) is 0.647. The molecule has 1 aromatic rings. The fourth-order valence-electron chi connectivity index (χ4n) is 2.71. The van der Waals surface area contributed by atoms with E-state index in [1.807, 2.05) is 18.2 Å². The first kappa shape index (κ1) is 17.1. The Morgan fingerprint density at radius 3 is 2.68 bits per heavy atom. The number of hydrogen-bond acceptors (Lipinski definition) is 5. The van der Waals surface area contributed by atoms with Gasteiger partial charge in [-0.2, -0.15) is 0 Å². The van der Waals surface area contributed by atoms with Crippen LogP contribution < -0.4 is 15.2 Å². The van der Waals surface area contributed by atoms with Gasteiger partial charge in [0.2, 0.25) is 0 Å². The molecule has 1 aromatic carbocycles. The zero-order chi connectivity index (χ0) is 15.9. The molecule has 5 nitrogen and oxygen atoms in total. The number of likely N-dealkylation sites (tertiary alicyclic amines) is 1. The molecule has 1 saturated heterocycles. The van der Waals surface area contributed by atoms with Gasteiger partial charge in [-0.15, -0.1) is 0 Å². The van der Waals surface area contributed by atoms with E-state index in [9.17, 15) is 0 Å². The number of rotatable bonds is 7. The van der Waals surface area contributed by atoms with Crippen molar-refractivity contribution < 1.29 is 14.6 Å². The van der Waals surface area contributed by atoms with Crippen molar-refractivity contribution in [1.29, 1.82) is 0 Å². The second-order valence-corrected chi connectivity index (χ2v) is 6.07. The molecule has 0 bridgehead atoms. The lowest BCUT2D eigenvalue weighted by atomic mass is 9.99. The van der Waals surface area contributed by atoms with Crippen molar-refractivity contribution in [3.05, 3.63) is 23.8 Å². The Hall–Kier alpha value is -1.30. The van der Waals surface area contributed by atoms with E-state index in [2.05, 4.69) is 11.8 Å². The van der Waals surface area contributed by atoms with Crippen LogP contribution in [0.5, 0.6) is 11.5 Å². The molecule has 0 amide bonds. The van der Waals surface area contributed by atoms with E-state index in [0.717, 1.165) is 36.9 Å². The fourth-order valence-corrected chi connectivity index (χ4v) is 2.71. The quantitative estimate of drug-likeness (QED) is 0.804. The average Bonchev–Trinajstić information content (AvgIpc) is 2.56. The molecule has 1 aliphatic rings. The van der Waals surface area contributed by atoms with Gasteiger partial charge in [-0.3, -0.25) is 4.90 Å². The highest BCUT2D eigenvalue weighted by atomic mass is 16.5. The summed E-state index contributed by atoms with van der Waals surface area (Å²) in [5, 5.41) is 9.12. The predicted octanol–water partition coefficient (Wildman–Crippen LogP) is 1.80. The molecule has 0 aromatic heterocycles. The average molecular weight is 308 g/mol. The topological polar surface area (TPSA) is 68.0 Å². The van der Waals surface area contributed by atoms with Gasteiger partial charge in [0, 0.05) is 6.54 Å². The van der Waals surface area contributed by atoms with E-state index >= 15 is 0 Å². The van der Waals surface area contributed by atoms with E-state index < -0.39 is 6.04 Å². The maximum atomic E-state index is 9.12. The van der Waals surface area contributed by atoms with Crippen LogP contribution in [0.4, 0.5) is 0 Å². The highest BCUT2D eigenvalue weighted by molar-refractivity contribution is 5.43. The van der Waals surface area contributed by atoms with E-state index in [-0.39, 0.29) is 6.61 Å². The van der Waals surface area contributed by atoms with Crippen LogP contribution in [0.15, 0.2) is 18.2 Å². The van der Waals surface area contributed by atoms with Crippen molar-refractivity contribution in [2.45, 2.75) is 25.8 Å². The van der Waals surface area contributed by atoms with Gasteiger partial charge in [-0.25, -0.2) is 0 Å². The molecule has 1 atom stereocenters. The van der Waals surface area contributed by atoms with Crippen LogP contribution in [-0.4, -0.2) is 50.0 Å². The first-order valence-corrected chi connectivity index (χ1v) is 8.03. The van der Waals surface area contributed by atoms with Gasteiger partial charge in [0.1, 0.15) is 6.61 Å². The summed E-state index contributed by atoms with van der Waals surface area (Å²) >= 11 is 0. The summed E-state index contributed by atoms with van der Waals surface area (Å²) in [5.74, 6) is 2.23. The van der Waals surface area contributed by atoms with E-state index in [1.165, 1.54) is 12.8 Å². The summed E-state index contributed by atoms with van der Waals surface area (Å²) in [7, 11) is 1.61. The molecule has 1 fully saturated rings. The second-order valence-electron chi connectivity index (χ2n) is 6.07. The molecule has 0 saturated carbocycles. The highest BCUT2D eigenvalue weighted by Crippen LogP contribution is 2.29. The molecule has 2 rings (SSSR count).